The molecule has 2 aliphatic carbocycles. The van der Waals surface area contributed by atoms with Crippen molar-refractivity contribution in [2.24, 2.45) is 23.7 Å². The lowest BCUT2D eigenvalue weighted by molar-refractivity contribution is -0.146. The number of nitrogens with zero attached hydrogens (tertiary/aromatic N) is 2. The van der Waals surface area contributed by atoms with Crippen LogP contribution in [-0.4, -0.2) is 27.2 Å². The lowest BCUT2D eigenvalue weighted by Crippen LogP contribution is -2.36. The number of carboxylic acid groups (broad SMARTS) is 1. The Kier molecular flexibility index (Phi) is 2.62. The summed E-state index contributed by atoms with van der Waals surface area (Å²) in [6, 6.07) is 0. The van der Waals surface area contributed by atoms with Crippen molar-refractivity contribution in [1.29, 1.82) is 0 Å². The number of hydrogen-bond donors (Lipinski definition) is 2. The van der Waals surface area contributed by atoms with E-state index in [1.165, 1.54) is 16.8 Å². The lowest BCUT2D eigenvalue weighted by atomic mass is 9.82. The molecule has 0 aromatic carbocycles. The molecule has 0 saturated heterocycles. The van der Waals surface area contributed by atoms with Crippen LogP contribution in [-0.2, 0) is 9.59 Å². The molecule has 2 N–H and O–H groups in total. The highest BCUT2D eigenvalue weighted by molar-refractivity contribution is 7.13. The molecule has 6 nitrogen and oxygen atoms in total. The number of hydrogen-bond acceptors (Lipinski definition) is 5. The number of anilines is 1. The standard InChI is InChI=1S/C11H11N3O3S/c15-9(13-11-14-12-4-18-11)7-5-1-2-6(3-5)8(7)10(16)17/h1-2,4-8H,3H2,(H,16,17)(H,13,14,15)/t5-,6+,7+,8+/m1/s1. The first-order valence-electron chi connectivity index (χ1n) is 5.65. The van der Waals surface area contributed by atoms with Gasteiger partial charge in [0.2, 0.25) is 11.0 Å². The monoisotopic (exact) mass is 265 g/mol. The number of aliphatic carboxylic acids is 1. The van der Waals surface area contributed by atoms with Gasteiger partial charge in [-0.05, 0) is 18.3 Å². The van der Waals surface area contributed by atoms with Gasteiger partial charge in [-0.1, -0.05) is 23.5 Å². The van der Waals surface area contributed by atoms with E-state index in [0.717, 1.165) is 6.42 Å². The predicted octanol–water partition coefficient (Wildman–Crippen LogP) is 0.999. The van der Waals surface area contributed by atoms with Gasteiger partial charge in [-0.3, -0.25) is 9.59 Å². The Morgan fingerprint density at radius 1 is 1.33 bits per heavy atom. The van der Waals surface area contributed by atoms with Crippen LogP contribution < -0.4 is 5.32 Å². The van der Waals surface area contributed by atoms with Gasteiger partial charge in [-0.25, -0.2) is 0 Å². The summed E-state index contributed by atoms with van der Waals surface area (Å²) in [5.41, 5.74) is 1.52. The van der Waals surface area contributed by atoms with Crippen LogP contribution >= 0.6 is 11.3 Å². The van der Waals surface area contributed by atoms with E-state index >= 15 is 0 Å². The normalized spacial score (nSPS) is 32.7. The van der Waals surface area contributed by atoms with E-state index < -0.39 is 17.8 Å². The fourth-order valence-corrected chi connectivity index (χ4v) is 3.38. The fraction of sp³-hybridized carbons (Fsp3) is 0.455. The van der Waals surface area contributed by atoms with Crippen molar-refractivity contribution in [3.8, 4) is 0 Å². The summed E-state index contributed by atoms with van der Waals surface area (Å²) in [5, 5.41) is 19.7. The molecule has 2 bridgehead atoms. The van der Waals surface area contributed by atoms with Crippen LogP contribution in [0.2, 0.25) is 0 Å². The van der Waals surface area contributed by atoms with Crippen molar-refractivity contribution in [1.82, 2.24) is 10.2 Å². The Morgan fingerprint density at radius 3 is 2.67 bits per heavy atom. The summed E-state index contributed by atoms with van der Waals surface area (Å²) >= 11 is 1.22. The number of carbonyl (C=O) groups is 2. The number of amides is 1. The minimum atomic E-state index is -0.899. The number of rotatable bonds is 3. The third-order valence-electron chi connectivity index (χ3n) is 3.64. The molecule has 18 heavy (non-hydrogen) atoms. The van der Waals surface area contributed by atoms with Gasteiger partial charge in [0.05, 0.1) is 11.8 Å². The average molecular weight is 265 g/mol. The van der Waals surface area contributed by atoms with E-state index in [9.17, 15) is 14.7 Å². The zero-order valence-corrected chi connectivity index (χ0v) is 10.1. The van der Waals surface area contributed by atoms with Crippen molar-refractivity contribution < 1.29 is 14.7 Å². The quantitative estimate of drug-likeness (QED) is 0.795. The molecule has 0 aliphatic heterocycles. The van der Waals surface area contributed by atoms with Gasteiger partial charge in [-0.15, -0.1) is 10.2 Å². The second-order valence-electron chi connectivity index (χ2n) is 4.57. The Balaban J connectivity index is 1.80. The Morgan fingerprint density at radius 2 is 2.06 bits per heavy atom. The van der Waals surface area contributed by atoms with Crippen molar-refractivity contribution in [2.45, 2.75) is 6.42 Å². The maximum absolute atomic E-state index is 12.1. The maximum Gasteiger partial charge on any atom is 0.307 e. The summed E-state index contributed by atoms with van der Waals surface area (Å²) in [5.74, 6) is -2.27. The Bertz CT molecular complexity index is 514. The molecule has 1 fully saturated rings. The number of aromatic nitrogens is 2. The summed E-state index contributed by atoms with van der Waals surface area (Å²) in [4.78, 5) is 23.4. The molecule has 0 unspecified atom stereocenters. The van der Waals surface area contributed by atoms with E-state index in [1.807, 2.05) is 12.2 Å². The molecule has 94 valence electrons. The van der Waals surface area contributed by atoms with Gasteiger partial charge < -0.3 is 10.4 Å². The number of nitrogens with one attached hydrogen (secondary N) is 1. The first-order chi connectivity index (χ1) is 8.66. The molecule has 1 heterocycles. The molecule has 1 aromatic heterocycles. The molecule has 7 heteroatoms. The smallest absolute Gasteiger partial charge is 0.307 e. The molecule has 1 amide bonds. The average Bonchev–Trinajstić information content (AvgIpc) is 3.03. The molecule has 0 spiro atoms. The summed E-state index contributed by atoms with van der Waals surface area (Å²) < 4.78 is 0. The Hall–Kier alpha value is -1.76. The first kappa shape index (κ1) is 11.3. The van der Waals surface area contributed by atoms with Gasteiger partial charge in [-0.2, -0.15) is 0 Å². The minimum Gasteiger partial charge on any atom is -0.481 e. The van der Waals surface area contributed by atoms with E-state index in [1.54, 1.807) is 0 Å². The van der Waals surface area contributed by atoms with Crippen LogP contribution in [0.25, 0.3) is 0 Å². The largest absolute Gasteiger partial charge is 0.481 e. The highest BCUT2D eigenvalue weighted by Crippen LogP contribution is 2.48. The van der Waals surface area contributed by atoms with Gasteiger partial charge >= 0.3 is 5.97 Å². The first-order valence-corrected chi connectivity index (χ1v) is 6.53. The van der Waals surface area contributed by atoms with Gasteiger partial charge in [0.1, 0.15) is 5.51 Å². The fourth-order valence-electron chi connectivity index (χ4n) is 2.93. The van der Waals surface area contributed by atoms with E-state index in [4.69, 9.17) is 0 Å². The van der Waals surface area contributed by atoms with Crippen LogP contribution in [0.3, 0.4) is 0 Å². The number of allylic oxidation sites excluding steroid dienone is 2. The van der Waals surface area contributed by atoms with E-state index in [2.05, 4.69) is 15.5 Å². The summed E-state index contributed by atoms with van der Waals surface area (Å²) in [6.07, 6.45) is 4.62. The molecule has 0 radical (unpaired) electrons. The van der Waals surface area contributed by atoms with Gasteiger partial charge in [0.25, 0.3) is 0 Å². The van der Waals surface area contributed by atoms with Crippen LogP contribution in [0.5, 0.6) is 0 Å². The van der Waals surface area contributed by atoms with Crippen molar-refractivity contribution in [3.05, 3.63) is 17.7 Å². The van der Waals surface area contributed by atoms with E-state index in [0.29, 0.717) is 5.13 Å². The number of fused-ring (bicyclic) bond motifs is 2. The van der Waals surface area contributed by atoms with Crippen molar-refractivity contribution in [2.75, 3.05) is 5.32 Å². The SMILES string of the molecule is O=C(Nc1nncs1)[C@@H]1[C@@H](C(=O)O)[C@H]2C=C[C@@H]1C2. The summed E-state index contributed by atoms with van der Waals surface area (Å²) in [6.45, 7) is 0. The van der Waals surface area contributed by atoms with Gasteiger partial charge in [0.15, 0.2) is 0 Å². The second-order valence-corrected chi connectivity index (χ2v) is 5.40. The second kappa shape index (κ2) is 4.16. The predicted molar refractivity (Wildman–Crippen MR) is 63.9 cm³/mol. The van der Waals surface area contributed by atoms with E-state index in [-0.39, 0.29) is 17.7 Å². The highest BCUT2D eigenvalue weighted by Gasteiger charge is 2.51. The van der Waals surface area contributed by atoms with Crippen LogP contribution in [0.1, 0.15) is 6.42 Å². The summed E-state index contributed by atoms with van der Waals surface area (Å²) in [7, 11) is 0. The zero-order chi connectivity index (χ0) is 12.7. The number of carbonyl (C=O) groups excluding carboxylic acids is 1. The third kappa shape index (κ3) is 1.71. The molecule has 3 rings (SSSR count). The molecule has 4 atom stereocenters. The van der Waals surface area contributed by atoms with Crippen molar-refractivity contribution in [3.63, 3.8) is 0 Å². The molecular formula is C11H11N3O3S. The van der Waals surface area contributed by atoms with Crippen LogP contribution in [0.15, 0.2) is 17.7 Å². The molecular weight excluding hydrogens is 254 g/mol. The molecule has 1 aromatic rings. The Labute approximate surface area is 107 Å². The minimum absolute atomic E-state index is 0.0160. The number of carboxylic acids is 1. The molecule has 2 aliphatic rings. The van der Waals surface area contributed by atoms with Crippen LogP contribution in [0.4, 0.5) is 5.13 Å². The lowest BCUT2D eigenvalue weighted by Gasteiger charge is -2.23. The maximum atomic E-state index is 12.1. The van der Waals surface area contributed by atoms with Crippen LogP contribution in [0, 0.1) is 23.7 Å². The van der Waals surface area contributed by atoms with Gasteiger partial charge in [0, 0.05) is 0 Å². The van der Waals surface area contributed by atoms with Crippen molar-refractivity contribution >= 4 is 28.3 Å². The molecule has 1 saturated carbocycles. The third-order valence-corrected chi connectivity index (χ3v) is 4.24. The zero-order valence-electron chi connectivity index (χ0n) is 9.31. The highest BCUT2D eigenvalue weighted by atomic mass is 32.1. The topological polar surface area (TPSA) is 92.2 Å².